The quantitative estimate of drug-likeness (QED) is 0.797. The normalized spacial score (nSPS) is 13.8. The summed E-state index contributed by atoms with van der Waals surface area (Å²) in [6, 6.07) is 16.0. The van der Waals surface area contributed by atoms with Gasteiger partial charge in [0.2, 0.25) is 0 Å². The Kier molecular flexibility index (Phi) is 3.25. The van der Waals surface area contributed by atoms with Gasteiger partial charge < -0.3 is 9.80 Å². The molecule has 1 aliphatic heterocycles. The van der Waals surface area contributed by atoms with Crippen LogP contribution in [0.2, 0.25) is 5.02 Å². The van der Waals surface area contributed by atoms with Gasteiger partial charge in [-0.05, 0) is 24.3 Å². The molecule has 4 heteroatoms. The second-order valence-corrected chi connectivity index (χ2v) is 5.21. The molecule has 20 heavy (non-hydrogen) atoms. The van der Waals surface area contributed by atoms with Crippen LogP contribution in [0.4, 0.5) is 17.1 Å². The molecule has 0 saturated carbocycles. The van der Waals surface area contributed by atoms with E-state index in [1.54, 1.807) is 6.07 Å². The molecular formula is C16H14ClN3. The third kappa shape index (κ3) is 1.99. The molecule has 0 unspecified atom stereocenters. The van der Waals surface area contributed by atoms with Gasteiger partial charge in [-0.2, -0.15) is 5.26 Å². The van der Waals surface area contributed by atoms with E-state index < -0.39 is 0 Å². The van der Waals surface area contributed by atoms with Crippen LogP contribution >= 0.6 is 11.6 Å². The van der Waals surface area contributed by atoms with Gasteiger partial charge in [0.25, 0.3) is 0 Å². The van der Waals surface area contributed by atoms with E-state index in [0.29, 0.717) is 10.6 Å². The van der Waals surface area contributed by atoms with Crippen LogP contribution in [0, 0.1) is 11.3 Å². The fourth-order valence-corrected chi connectivity index (χ4v) is 2.82. The topological polar surface area (TPSA) is 30.3 Å². The summed E-state index contributed by atoms with van der Waals surface area (Å²) in [5.41, 5.74) is 3.69. The molecule has 2 aromatic carbocycles. The average molecular weight is 284 g/mol. The molecular weight excluding hydrogens is 270 g/mol. The second kappa shape index (κ2) is 5.07. The molecule has 3 nitrogen and oxygen atoms in total. The average Bonchev–Trinajstić information content (AvgIpc) is 2.48. The predicted molar refractivity (Wildman–Crippen MR) is 82.9 cm³/mol. The lowest BCUT2D eigenvalue weighted by molar-refractivity contribution is 0.821. The SMILES string of the molecule is CN1CCN(c2cccc(Cl)c2C#N)c2ccccc21. The van der Waals surface area contributed by atoms with Crippen LogP contribution in [0.1, 0.15) is 5.56 Å². The van der Waals surface area contributed by atoms with Crippen molar-refractivity contribution in [3.05, 3.63) is 53.1 Å². The molecule has 0 radical (unpaired) electrons. The first-order valence-electron chi connectivity index (χ1n) is 6.48. The minimum absolute atomic E-state index is 0.501. The summed E-state index contributed by atoms with van der Waals surface area (Å²) in [5.74, 6) is 0. The van der Waals surface area contributed by atoms with Crippen molar-refractivity contribution in [3.8, 4) is 6.07 Å². The lowest BCUT2D eigenvalue weighted by Crippen LogP contribution is -2.36. The van der Waals surface area contributed by atoms with Gasteiger partial charge in [-0.1, -0.05) is 29.8 Å². The van der Waals surface area contributed by atoms with E-state index in [1.165, 1.54) is 5.69 Å². The molecule has 0 spiro atoms. The zero-order valence-electron chi connectivity index (χ0n) is 11.2. The van der Waals surface area contributed by atoms with E-state index >= 15 is 0 Å². The van der Waals surface area contributed by atoms with E-state index in [9.17, 15) is 5.26 Å². The summed E-state index contributed by atoms with van der Waals surface area (Å²) in [5, 5.41) is 9.86. The van der Waals surface area contributed by atoms with Gasteiger partial charge in [0.15, 0.2) is 0 Å². The van der Waals surface area contributed by atoms with Crippen LogP contribution in [0.3, 0.4) is 0 Å². The van der Waals surface area contributed by atoms with E-state index in [-0.39, 0.29) is 0 Å². The first-order valence-corrected chi connectivity index (χ1v) is 6.86. The van der Waals surface area contributed by atoms with Crippen molar-refractivity contribution < 1.29 is 0 Å². The number of hydrogen-bond donors (Lipinski definition) is 0. The standard InChI is InChI=1S/C16H14ClN3/c1-19-9-10-20(16-7-3-2-6-15(16)19)14-8-4-5-13(17)12(14)11-18/h2-8H,9-10H2,1H3. The summed E-state index contributed by atoms with van der Waals surface area (Å²) < 4.78 is 0. The molecule has 0 N–H and O–H groups in total. The number of likely N-dealkylation sites (N-methyl/N-ethyl adjacent to an activating group) is 1. The van der Waals surface area contributed by atoms with Crippen molar-refractivity contribution in [1.82, 2.24) is 0 Å². The maximum absolute atomic E-state index is 9.36. The Labute approximate surface area is 123 Å². The number of halogens is 1. The summed E-state index contributed by atoms with van der Waals surface area (Å²) in [4.78, 5) is 4.39. The van der Waals surface area contributed by atoms with Gasteiger partial charge in [-0.3, -0.25) is 0 Å². The van der Waals surface area contributed by atoms with Gasteiger partial charge in [0.1, 0.15) is 6.07 Å². The number of anilines is 3. The van der Waals surface area contributed by atoms with Crippen molar-refractivity contribution >= 4 is 28.7 Å². The minimum Gasteiger partial charge on any atom is -0.371 e. The van der Waals surface area contributed by atoms with Crippen LogP contribution in [-0.4, -0.2) is 20.1 Å². The first-order chi connectivity index (χ1) is 9.72. The monoisotopic (exact) mass is 283 g/mol. The summed E-state index contributed by atoms with van der Waals surface area (Å²) >= 11 is 6.14. The predicted octanol–water partition coefficient (Wildman–Crippen LogP) is 3.80. The molecule has 0 aliphatic carbocycles. The Hall–Kier alpha value is -2.18. The van der Waals surface area contributed by atoms with Gasteiger partial charge >= 0.3 is 0 Å². The lowest BCUT2D eigenvalue weighted by atomic mass is 10.1. The molecule has 1 aliphatic rings. The number of benzene rings is 2. The summed E-state index contributed by atoms with van der Waals surface area (Å²) in [6.07, 6.45) is 0. The van der Waals surface area contributed by atoms with Crippen molar-refractivity contribution in [3.63, 3.8) is 0 Å². The fourth-order valence-electron chi connectivity index (χ4n) is 2.60. The molecule has 1 heterocycles. The number of hydrogen-bond acceptors (Lipinski definition) is 3. The Morgan fingerprint density at radius 3 is 2.45 bits per heavy atom. The molecule has 2 aromatic rings. The van der Waals surface area contributed by atoms with E-state index in [4.69, 9.17) is 11.6 Å². The van der Waals surface area contributed by atoms with Crippen molar-refractivity contribution in [2.45, 2.75) is 0 Å². The third-order valence-electron chi connectivity index (χ3n) is 3.64. The number of nitriles is 1. The van der Waals surface area contributed by atoms with Gasteiger partial charge in [-0.15, -0.1) is 0 Å². The minimum atomic E-state index is 0.501. The number of nitrogens with zero attached hydrogens (tertiary/aromatic N) is 3. The highest BCUT2D eigenvalue weighted by Crippen LogP contribution is 2.39. The van der Waals surface area contributed by atoms with Crippen LogP contribution < -0.4 is 9.80 Å². The zero-order chi connectivity index (χ0) is 14.1. The molecule has 0 atom stereocenters. The van der Waals surface area contributed by atoms with Crippen LogP contribution in [0.15, 0.2) is 42.5 Å². The maximum Gasteiger partial charge on any atom is 0.103 e. The van der Waals surface area contributed by atoms with Gasteiger partial charge in [0, 0.05) is 20.1 Å². The fraction of sp³-hybridized carbons (Fsp3) is 0.188. The van der Waals surface area contributed by atoms with Crippen LogP contribution in [0.25, 0.3) is 0 Å². The molecule has 100 valence electrons. The summed E-state index contributed by atoms with van der Waals surface area (Å²) in [7, 11) is 2.08. The van der Waals surface area contributed by atoms with E-state index in [2.05, 4.69) is 35.0 Å². The third-order valence-corrected chi connectivity index (χ3v) is 3.95. The molecule has 0 amide bonds. The summed E-state index contributed by atoms with van der Waals surface area (Å²) in [6.45, 7) is 1.75. The molecule has 0 fully saturated rings. The van der Waals surface area contributed by atoms with Crippen molar-refractivity contribution in [2.75, 3.05) is 29.9 Å². The number of para-hydroxylation sites is 2. The highest BCUT2D eigenvalue weighted by molar-refractivity contribution is 6.32. The number of fused-ring (bicyclic) bond motifs is 1. The first kappa shape index (κ1) is 12.8. The van der Waals surface area contributed by atoms with Gasteiger partial charge in [-0.25, -0.2) is 0 Å². The second-order valence-electron chi connectivity index (χ2n) is 4.81. The van der Waals surface area contributed by atoms with Crippen LogP contribution in [-0.2, 0) is 0 Å². The molecule has 3 rings (SSSR count). The highest BCUT2D eigenvalue weighted by atomic mass is 35.5. The van der Waals surface area contributed by atoms with Crippen LogP contribution in [0.5, 0.6) is 0 Å². The van der Waals surface area contributed by atoms with Crippen molar-refractivity contribution in [1.29, 1.82) is 5.26 Å². The maximum atomic E-state index is 9.36. The molecule has 0 aromatic heterocycles. The number of rotatable bonds is 1. The molecule has 0 bridgehead atoms. The lowest BCUT2D eigenvalue weighted by Gasteiger charge is -2.37. The van der Waals surface area contributed by atoms with Gasteiger partial charge in [0.05, 0.1) is 27.6 Å². The smallest absolute Gasteiger partial charge is 0.103 e. The van der Waals surface area contributed by atoms with E-state index in [0.717, 1.165) is 24.5 Å². The molecule has 0 saturated heterocycles. The van der Waals surface area contributed by atoms with E-state index in [1.807, 2.05) is 24.3 Å². The largest absolute Gasteiger partial charge is 0.371 e. The Balaban J connectivity index is 2.16. The Morgan fingerprint density at radius 1 is 1.00 bits per heavy atom. The van der Waals surface area contributed by atoms with Crippen molar-refractivity contribution in [2.24, 2.45) is 0 Å². The highest BCUT2D eigenvalue weighted by Gasteiger charge is 2.23. The Morgan fingerprint density at radius 2 is 1.70 bits per heavy atom. The zero-order valence-corrected chi connectivity index (χ0v) is 11.9. The Bertz CT molecular complexity index is 690.